The molecule has 0 aliphatic carbocycles. The Morgan fingerprint density at radius 2 is 1.81 bits per heavy atom. The van der Waals surface area contributed by atoms with Crippen LogP contribution >= 0.6 is 0 Å². The topological polar surface area (TPSA) is 107 Å². The van der Waals surface area contributed by atoms with E-state index in [1.165, 1.54) is 6.07 Å². The number of benzene rings is 2. The molecule has 27 heavy (non-hydrogen) atoms. The summed E-state index contributed by atoms with van der Waals surface area (Å²) in [5, 5.41) is 10.7. The van der Waals surface area contributed by atoms with Crippen molar-refractivity contribution in [3.63, 3.8) is 0 Å². The molecule has 134 valence electrons. The number of ether oxygens (including phenoxy) is 1. The van der Waals surface area contributed by atoms with Crippen molar-refractivity contribution in [2.75, 3.05) is 12.4 Å². The minimum absolute atomic E-state index is 0.127. The normalized spacial score (nSPS) is 10.7. The number of carbonyl (C=O) groups is 1. The van der Waals surface area contributed by atoms with Crippen molar-refractivity contribution in [2.45, 2.75) is 0 Å². The summed E-state index contributed by atoms with van der Waals surface area (Å²) in [6, 6.07) is 15.2. The lowest BCUT2D eigenvalue weighted by molar-refractivity contribution is 0.102. The summed E-state index contributed by atoms with van der Waals surface area (Å²) in [6.45, 7) is 0. The molecular formula is C19H13N3O5. The Bertz CT molecular complexity index is 1180. The molecule has 8 heteroatoms. The largest absolute Gasteiger partial charge is 0.497 e. The summed E-state index contributed by atoms with van der Waals surface area (Å²) in [7, 11) is 1.57. The van der Waals surface area contributed by atoms with Gasteiger partial charge in [-0.1, -0.05) is 23.3 Å². The molecule has 1 amide bonds. The molecule has 0 bridgehead atoms. The number of rotatable bonds is 4. The summed E-state index contributed by atoms with van der Waals surface area (Å²) < 4.78 is 15.7. The quantitative estimate of drug-likeness (QED) is 0.555. The number of anilines is 1. The average molecular weight is 363 g/mol. The van der Waals surface area contributed by atoms with E-state index in [0.29, 0.717) is 22.3 Å². The second kappa shape index (κ2) is 6.75. The molecule has 0 radical (unpaired) electrons. The number of hydrogen-bond acceptors (Lipinski definition) is 7. The number of nitrogens with zero attached hydrogens (tertiary/aromatic N) is 2. The molecule has 0 fully saturated rings. The molecule has 0 spiro atoms. The van der Waals surface area contributed by atoms with Crippen molar-refractivity contribution in [1.29, 1.82) is 0 Å². The lowest BCUT2D eigenvalue weighted by Gasteiger charge is -2.01. The molecule has 0 saturated heterocycles. The van der Waals surface area contributed by atoms with Crippen molar-refractivity contribution in [3.8, 4) is 17.2 Å². The Labute approximate surface area is 152 Å². The smallest absolute Gasteiger partial charge is 0.349 e. The lowest BCUT2D eigenvalue weighted by Crippen LogP contribution is -2.20. The Kier molecular flexibility index (Phi) is 4.13. The van der Waals surface area contributed by atoms with Crippen molar-refractivity contribution in [2.24, 2.45) is 0 Å². The van der Waals surface area contributed by atoms with Crippen LogP contribution in [-0.4, -0.2) is 23.2 Å². The second-order valence-electron chi connectivity index (χ2n) is 5.58. The second-order valence-corrected chi connectivity index (χ2v) is 5.58. The summed E-state index contributed by atoms with van der Waals surface area (Å²) in [6.07, 6.45) is 0. The van der Waals surface area contributed by atoms with Gasteiger partial charge in [0.05, 0.1) is 7.11 Å². The van der Waals surface area contributed by atoms with E-state index in [9.17, 15) is 9.59 Å². The third-order valence-corrected chi connectivity index (χ3v) is 3.87. The van der Waals surface area contributed by atoms with Crippen molar-refractivity contribution >= 4 is 22.9 Å². The number of fused-ring (bicyclic) bond motifs is 1. The van der Waals surface area contributed by atoms with Crippen LogP contribution in [0.1, 0.15) is 10.4 Å². The number of carbonyl (C=O) groups excluding carboxylic acids is 1. The standard InChI is InChI=1S/C19H13N3O5/c1-25-13-8-6-11(7-9-13)17-21-22-19(27-17)20-16(23)14-10-12-4-2-3-5-15(12)26-18(14)24/h2-10H,1H3,(H,20,22,23). The zero-order valence-corrected chi connectivity index (χ0v) is 14.1. The number of nitrogens with one attached hydrogen (secondary N) is 1. The first-order chi connectivity index (χ1) is 13.1. The fourth-order valence-electron chi connectivity index (χ4n) is 2.51. The summed E-state index contributed by atoms with van der Waals surface area (Å²) in [5.41, 5.74) is 0.159. The van der Waals surface area contributed by atoms with Crippen LogP contribution in [0.2, 0.25) is 0 Å². The van der Waals surface area contributed by atoms with Gasteiger partial charge >= 0.3 is 11.6 Å². The highest BCUT2D eigenvalue weighted by atomic mass is 16.5. The highest BCUT2D eigenvalue weighted by Gasteiger charge is 2.17. The van der Waals surface area contributed by atoms with Crippen molar-refractivity contribution in [1.82, 2.24) is 10.2 Å². The molecule has 1 N–H and O–H groups in total. The van der Waals surface area contributed by atoms with Crippen LogP contribution in [0.4, 0.5) is 6.01 Å². The van der Waals surface area contributed by atoms with E-state index in [1.807, 2.05) is 0 Å². The minimum atomic E-state index is -0.749. The van der Waals surface area contributed by atoms with Gasteiger partial charge in [0.15, 0.2) is 0 Å². The Hall–Kier alpha value is -3.94. The predicted octanol–water partition coefficient (Wildman–Crippen LogP) is 3.10. The van der Waals surface area contributed by atoms with Gasteiger partial charge in [-0.05, 0) is 36.4 Å². The summed E-state index contributed by atoms with van der Waals surface area (Å²) in [5.74, 6) is 0.216. The number of amides is 1. The zero-order valence-electron chi connectivity index (χ0n) is 14.1. The van der Waals surface area contributed by atoms with E-state index >= 15 is 0 Å². The molecule has 0 atom stereocenters. The van der Waals surface area contributed by atoms with Gasteiger partial charge in [-0.2, -0.15) is 0 Å². The summed E-state index contributed by atoms with van der Waals surface area (Å²) in [4.78, 5) is 24.4. The average Bonchev–Trinajstić information content (AvgIpc) is 3.16. The molecule has 0 aliphatic heterocycles. The van der Waals surface area contributed by atoms with Crippen LogP contribution in [0.25, 0.3) is 22.4 Å². The van der Waals surface area contributed by atoms with Gasteiger partial charge in [0.2, 0.25) is 5.89 Å². The van der Waals surface area contributed by atoms with Crippen LogP contribution in [-0.2, 0) is 0 Å². The molecule has 0 unspecified atom stereocenters. The first-order valence-electron chi connectivity index (χ1n) is 7.96. The van der Waals surface area contributed by atoms with Crippen molar-refractivity contribution in [3.05, 3.63) is 70.6 Å². The molecular weight excluding hydrogens is 350 g/mol. The van der Waals surface area contributed by atoms with Gasteiger partial charge in [-0.3, -0.25) is 10.1 Å². The minimum Gasteiger partial charge on any atom is -0.497 e. The summed E-state index contributed by atoms with van der Waals surface area (Å²) >= 11 is 0. The first kappa shape index (κ1) is 16.5. The molecule has 4 rings (SSSR count). The molecule has 0 saturated carbocycles. The van der Waals surface area contributed by atoms with E-state index in [0.717, 1.165) is 0 Å². The maximum absolute atomic E-state index is 12.4. The molecule has 2 aromatic heterocycles. The Balaban J connectivity index is 1.57. The van der Waals surface area contributed by atoms with E-state index in [-0.39, 0.29) is 17.5 Å². The fraction of sp³-hybridized carbons (Fsp3) is 0.0526. The number of para-hydroxylation sites is 1. The maximum Gasteiger partial charge on any atom is 0.349 e. The first-order valence-corrected chi connectivity index (χ1v) is 7.96. The molecule has 2 aromatic carbocycles. The Morgan fingerprint density at radius 1 is 1.04 bits per heavy atom. The fourth-order valence-corrected chi connectivity index (χ4v) is 2.51. The van der Waals surface area contributed by atoms with Crippen LogP contribution in [0, 0.1) is 0 Å². The van der Waals surface area contributed by atoms with Gasteiger partial charge in [0.1, 0.15) is 16.9 Å². The number of aromatic nitrogens is 2. The van der Waals surface area contributed by atoms with Gasteiger partial charge in [-0.25, -0.2) is 4.79 Å². The highest BCUT2D eigenvalue weighted by molar-refractivity contribution is 6.04. The van der Waals surface area contributed by atoms with E-state index in [4.69, 9.17) is 13.6 Å². The SMILES string of the molecule is COc1ccc(-c2nnc(NC(=O)c3cc4ccccc4oc3=O)o2)cc1. The third-order valence-electron chi connectivity index (χ3n) is 3.87. The predicted molar refractivity (Wildman–Crippen MR) is 96.7 cm³/mol. The van der Waals surface area contributed by atoms with E-state index in [1.54, 1.807) is 55.6 Å². The zero-order chi connectivity index (χ0) is 18.8. The maximum atomic E-state index is 12.4. The van der Waals surface area contributed by atoms with Gasteiger partial charge in [0, 0.05) is 10.9 Å². The van der Waals surface area contributed by atoms with E-state index in [2.05, 4.69) is 15.5 Å². The molecule has 0 aliphatic rings. The molecule has 2 heterocycles. The number of methoxy groups -OCH3 is 1. The monoisotopic (exact) mass is 363 g/mol. The third kappa shape index (κ3) is 3.28. The van der Waals surface area contributed by atoms with Crippen LogP contribution in [0.5, 0.6) is 5.75 Å². The van der Waals surface area contributed by atoms with Gasteiger partial charge < -0.3 is 13.6 Å². The van der Waals surface area contributed by atoms with E-state index < -0.39 is 11.5 Å². The van der Waals surface area contributed by atoms with Crippen LogP contribution in [0.3, 0.4) is 0 Å². The van der Waals surface area contributed by atoms with Gasteiger partial charge in [-0.15, -0.1) is 5.10 Å². The van der Waals surface area contributed by atoms with Crippen LogP contribution in [0.15, 0.2) is 68.2 Å². The highest BCUT2D eigenvalue weighted by Crippen LogP contribution is 2.22. The lowest BCUT2D eigenvalue weighted by atomic mass is 10.2. The molecule has 8 nitrogen and oxygen atoms in total. The van der Waals surface area contributed by atoms with Gasteiger partial charge in [0.25, 0.3) is 5.91 Å². The number of hydrogen-bond donors (Lipinski definition) is 1. The molecule has 4 aromatic rings. The van der Waals surface area contributed by atoms with Crippen LogP contribution < -0.4 is 15.7 Å². The van der Waals surface area contributed by atoms with Crippen molar-refractivity contribution < 1.29 is 18.4 Å². The Morgan fingerprint density at radius 3 is 2.59 bits per heavy atom.